The smallest absolute Gasteiger partial charge is 0.407 e. The Morgan fingerprint density at radius 2 is 1.63 bits per heavy atom. The maximum atomic E-state index is 13.2. The molecule has 2 heterocycles. The van der Waals surface area contributed by atoms with Crippen molar-refractivity contribution in [2.45, 2.75) is 70.2 Å². The Kier molecular flexibility index (Phi) is 11.0. The van der Waals surface area contributed by atoms with Gasteiger partial charge in [-0.3, -0.25) is 14.7 Å². The molecule has 3 N–H and O–H groups in total. The van der Waals surface area contributed by atoms with E-state index in [2.05, 4.69) is 29.1 Å². The summed E-state index contributed by atoms with van der Waals surface area (Å²) in [6.07, 6.45) is 0.637. The van der Waals surface area contributed by atoms with E-state index in [0.717, 1.165) is 26.7 Å². The second-order valence-electron chi connectivity index (χ2n) is 10.4. The number of aromatic nitrogens is 2. The van der Waals surface area contributed by atoms with E-state index in [0.29, 0.717) is 18.8 Å². The molecule has 0 aliphatic heterocycles. The first kappa shape index (κ1) is 30.4. The molecular weight excluding hydrogens is 556 g/mol. The molecule has 2 amide bonds. The molecule has 0 bridgehead atoms. The molecule has 0 fully saturated rings. The minimum absolute atomic E-state index is 0.117. The first-order valence-electron chi connectivity index (χ1n) is 13.6. The van der Waals surface area contributed by atoms with Gasteiger partial charge in [-0.15, -0.1) is 22.7 Å². The van der Waals surface area contributed by atoms with Crippen LogP contribution in [0.25, 0.3) is 0 Å². The summed E-state index contributed by atoms with van der Waals surface area (Å²) in [5, 5.41) is 27.9. The van der Waals surface area contributed by atoms with Crippen LogP contribution in [0.4, 0.5) is 4.79 Å². The summed E-state index contributed by atoms with van der Waals surface area (Å²) in [5.41, 5.74) is 4.31. The fourth-order valence-corrected chi connectivity index (χ4v) is 6.20. The summed E-state index contributed by atoms with van der Waals surface area (Å²) in [5.74, 6) is 0.111. The molecule has 2 aromatic carbocycles. The summed E-state index contributed by atoms with van der Waals surface area (Å²) in [7, 11) is 0. The molecule has 0 radical (unpaired) electrons. The normalized spacial score (nSPS) is 13.5. The first-order valence-corrected chi connectivity index (χ1v) is 15.4. The zero-order valence-corrected chi connectivity index (χ0v) is 24.9. The van der Waals surface area contributed by atoms with E-state index >= 15 is 0 Å². The predicted octanol–water partition coefficient (Wildman–Crippen LogP) is 5.54. The highest BCUT2D eigenvalue weighted by Gasteiger charge is 2.32. The van der Waals surface area contributed by atoms with Crippen LogP contribution in [-0.4, -0.2) is 55.3 Å². The maximum absolute atomic E-state index is 13.2. The Morgan fingerprint density at radius 3 is 2.20 bits per heavy atom. The first-order chi connectivity index (χ1) is 19.8. The molecule has 0 aliphatic rings. The molecule has 41 heavy (non-hydrogen) atoms. The number of hydrogen-bond acceptors (Lipinski definition) is 7. The lowest BCUT2D eigenvalue weighted by atomic mass is 9.92. The van der Waals surface area contributed by atoms with Crippen LogP contribution in [0.1, 0.15) is 52.9 Å². The van der Waals surface area contributed by atoms with Crippen molar-refractivity contribution in [1.29, 1.82) is 0 Å². The summed E-state index contributed by atoms with van der Waals surface area (Å²) in [6, 6.07) is 18.2. The van der Waals surface area contributed by atoms with Gasteiger partial charge in [0.25, 0.3) is 0 Å². The van der Waals surface area contributed by atoms with Crippen molar-refractivity contribution < 1.29 is 19.8 Å². The fraction of sp³-hybridized carbons (Fsp3) is 0.355. The van der Waals surface area contributed by atoms with E-state index in [1.54, 1.807) is 23.0 Å². The number of benzene rings is 2. The number of hydrogen-bond donors (Lipinski definition) is 3. The molecule has 4 rings (SSSR count). The molecule has 0 unspecified atom stereocenters. The zero-order chi connectivity index (χ0) is 29.2. The SMILES string of the molecule is CC(C)c1nc(CC(=O)N[C@@H](Cc2ccccc2)C[C@H](O)[C@H](Cc2ccccc2)N(Cc2cncs2)C(=O)O)cs1. The number of nitrogens with one attached hydrogen (secondary N) is 1. The number of aliphatic hydroxyl groups is 1. The highest BCUT2D eigenvalue weighted by Crippen LogP contribution is 2.22. The number of amides is 2. The van der Waals surface area contributed by atoms with Gasteiger partial charge in [-0.1, -0.05) is 74.5 Å². The Hall–Kier alpha value is -3.60. The monoisotopic (exact) mass is 592 g/mol. The molecule has 0 aliphatic carbocycles. The van der Waals surface area contributed by atoms with Crippen molar-refractivity contribution in [2.24, 2.45) is 0 Å². The average Bonchev–Trinajstić information content (AvgIpc) is 3.64. The lowest BCUT2D eigenvalue weighted by molar-refractivity contribution is -0.121. The predicted molar refractivity (Wildman–Crippen MR) is 162 cm³/mol. The van der Waals surface area contributed by atoms with Gasteiger partial charge in [0, 0.05) is 28.4 Å². The van der Waals surface area contributed by atoms with Gasteiger partial charge in [-0.2, -0.15) is 0 Å². The van der Waals surface area contributed by atoms with Crippen LogP contribution < -0.4 is 5.32 Å². The van der Waals surface area contributed by atoms with Gasteiger partial charge in [-0.25, -0.2) is 9.78 Å². The van der Waals surface area contributed by atoms with Crippen LogP contribution in [0.5, 0.6) is 0 Å². The second kappa shape index (κ2) is 14.9. The molecule has 216 valence electrons. The number of carbonyl (C=O) groups is 2. The van der Waals surface area contributed by atoms with Crippen molar-refractivity contribution in [1.82, 2.24) is 20.2 Å². The molecular formula is C31H36N4O4S2. The largest absolute Gasteiger partial charge is 0.465 e. The highest BCUT2D eigenvalue weighted by atomic mass is 32.1. The quantitative estimate of drug-likeness (QED) is 0.177. The topological polar surface area (TPSA) is 116 Å². The van der Waals surface area contributed by atoms with Gasteiger partial charge in [0.2, 0.25) is 5.91 Å². The number of aliphatic hydroxyl groups excluding tert-OH is 1. The summed E-state index contributed by atoms with van der Waals surface area (Å²) < 4.78 is 0. The highest BCUT2D eigenvalue weighted by molar-refractivity contribution is 7.09. The lowest BCUT2D eigenvalue weighted by Crippen LogP contribution is -2.50. The van der Waals surface area contributed by atoms with Gasteiger partial charge in [0.05, 0.1) is 41.3 Å². The van der Waals surface area contributed by atoms with Crippen LogP contribution in [-0.2, 0) is 30.6 Å². The van der Waals surface area contributed by atoms with Crippen LogP contribution >= 0.6 is 22.7 Å². The third kappa shape index (κ3) is 9.21. The molecule has 3 atom stereocenters. The van der Waals surface area contributed by atoms with Crippen molar-refractivity contribution >= 4 is 34.7 Å². The third-order valence-corrected chi connectivity index (χ3v) is 8.77. The van der Waals surface area contributed by atoms with Gasteiger partial charge in [0.1, 0.15) is 0 Å². The summed E-state index contributed by atoms with van der Waals surface area (Å²) >= 11 is 2.92. The van der Waals surface area contributed by atoms with Gasteiger partial charge >= 0.3 is 6.09 Å². The van der Waals surface area contributed by atoms with Crippen LogP contribution in [0.3, 0.4) is 0 Å². The molecule has 0 spiro atoms. The average molecular weight is 593 g/mol. The Bertz CT molecular complexity index is 1360. The minimum Gasteiger partial charge on any atom is -0.465 e. The maximum Gasteiger partial charge on any atom is 0.407 e. The summed E-state index contributed by atoms with van der Waals surface area (Å²) in [4.78, 5) is 36.4. The molecule has 8 nitrogen and oxygen atoms in total. The van der Waals surface area contributed by atoms with Crippen molar-refractivity contribution in [2.75, 3.05) is 0 Å². The second-order valence-corrected chi connectivity index (χ2v) is 12.3. The van der Waals surface area contributed by atoms with E-state index in [1.807, 2.05) is 66.0 Å². The zero-order valence-electron chi connectivity index (χ0n) is 23.2. The van der Waals surface area contributed by atoms with Gasteiger partial charge in [-0.05, 0) is 30.4 Å². The molecule has 0 saturated carbocycles. The Morgan fingerprint density at radius 1 is 0.976 bits per heavy atom. The molecule has 0 saturated heterocycles. The van der Waals surface area contributed by atoms with E-state index in [-0.39, 0.29) is 25.3 Å². The molecule has 2 aromatic heterocycles. The Labute approximate surface area is 248 Å². The van der Waals surface area contributed by atoms with E-state index < -0.39 is 24.3 Å². The van der Waals surface area contributed by atoms with E-state index in [1.165, 1.54) is 16.2 Å². The molecule has 10 heteroatoms. The minimum atomic E-state index is -1.12. The van der Waals surface area contributed by atoms with E-state index in [9.17, 15) is 19.8 Å². The van der Waals surface area contributed by atoms with Crippen molar-refractivity contribution in [3.63, 3.8) is 0 Å². The van der Waals surface area contributed by atoms with Crippen molar-refractivity contribution in [3.8, 4) is 0 Å². The fourth-order valence-electron chi connectivity index (χ4n) is 4.78. The Balaban J connectivity index is 1.55. The van der Waals surface area contributed by atoms with E-state index in [4.69, 9.17) is 0 Å². The number of rotatable bonds is 14. The lowest BCUT2D eigenvalue weighted by Gasteiger charge is -2.34. The number of thiazole rings is 2. The number of nitrogens with zero attached hydrogens (tertiary/aromatic N) is 3. The summed E-state index contributed by atoms with van der Waals surface area (Å²) in [6.45, 7) is 4.26. The number of carboxylic acid groups (broad SMARTS) is 1. The van der Waals surface area contributed by atoms with Crippen molar-refractivity contribution in [3.05, 3.63) is 104 Å². The van der Waals surface area contributed by atoms with Gasteiger partial charge in [0.15, 0.2) is 0 Å². The third-order valence-electron chi connectivity index (χ3n) is 6.81. The van der Waals surface area contributed by atoms with Crippen LogP contribution in [0.15, 0.2) is 77.8 Å². The standard InChI is InChI=1S/C31H36N4O4S2/c1-21(2)30-34-25(19-40-30)16-29(37)33-24(13-22-9-5-3-6-10-22)15-28(36)27(14-23-11-7-4-8-12-23)35(31(38)39)18-26-17-32-20-41-26/h3-12,17,19-21,24,27-28,36H,13-16,18H2,1-2H3,(H,33,37)(H,38,39)/t24-,27-,28-/m0/s1. The van der Waals surface area contributed by atoms with Crippen LogP contribution in [0.2, 0.25) is 0 Å². The number of carbonyl (C=O) groups excluding carboxylic acids is 1. The molecule has 4 aromatic rings. The van der Waals surface area contributed by atoms with Crippen LogP contribution in [0, 0.1) is 0 Å². The van der Waals surface area contributed by atoms with Gasteiger partial charge < -0.3 is 15.5 Å².